The van der Waals surface area contributed by atoms with Gasteiger partial charge in [-0.1, -0.05) is 12.1 Å². The number of hydrogen-bond acceptors (Lipinski definition) is 3. The van der Waals surface area contributed by atoms with Gasteiger partial charge in [0.15, 0.2) is 0 Å². The molecule has 4 heteroatoms. The third-order valence-electron chi connectivity index (χ3n) is 2.82. The number of benzene rings is 1. The Hall–Kier alpha value is -2.23. The standard InChI is InChI=1S/C15H18N2O2/c1-11-5-3-6-13(9-11)16-10-15(18)17-12(2)14-7-4-8-19-14/h3-9,12,16H,10H2,1-2H3,(H,17,18). The molecule has 19 heavy (non-hydrogen) atoms. The van der Waals surface area contributed by atoms with E-state index in [1.54, 1.807) is 6.26 Å². The molecule has 1 heterocycles. The van der Waals surface area contributed by atoms with Gasteiger partial charge in [0.2, 0.25) is 5.91 Å². The Morgan fingerprint density at radius 3 is 2.84 bits per heavy atom. The summed E-state index contributed by atoms with van der Waals surface area (Å²) in [6.07, 6.45) is 1.60. The summed E-state index contributed by atoms with van der Waals surface area (Å²) in [7, 11) is 0. The zero-order valence-corrected chi connectivity index (χ0v) is 11.1. The molecule has 0 saturated carbocycles. The molecule has 1 aromatic carbocycles. The number of rotatable bonds is 5. The topological polar surface area (TPSA) is 54.3 Å². The van der Waals surface area contributed by atoms with Crippen LogP contribution in [-0.2, 0) is 4.79 Å². The first-order valence-electron chi connectivity index (χ1n) is 6.28. The summed E-state index contributed by atoms with van der Waals surface area (Å²) in [4.78, 5) is 11.8. The second-order valence-electron chi connectivity index (χ2n) is 4.53. The van der Waals surface area contributed by atoms with Crippen molar-refractivity contribution in [2.75, 3.05) is 11.9 Å². The highest BCUT2D eigenvalue weighted by molar-refractivity contribution is 5.81. The normalized spacial score (nSPS) is 11.9. The number of anilines is 1. The van der Waals surface area contributed by atoms with Crippen LogP contribution in [0.5, 0.6) is 0 Å². The first-order valence-corrected chi connectivity index (χ1v) is 6.28. The van der Waals surface area contributed by atoms with Crippen molar-refractivity contribution in [2.45, 2.75) is 19.9 Å². The molecule has 1 aromatic heterocycles. The van der Waals surface area contributed by atoms with Crippen molar-refractivity contribution < 1.29 is 9.21 Å². The summed E-state index contributed by atoms with van der Waals surface area (Å²) < 4.78 is 5.24. The van der Waals surface area contributed by atoms with Gasteiger partial charge in [-0.25, -0.2) is 0 Å². The highest BCUT2D eigenvalue weighted by Gasteiger charge is 2.11. The van der Waals surface area contributed by atoms with Crippen LogP contribution in [0.25, 0.3) is 0 Å². The molecular formula is C15H18N2O2. The molecule has 0 radical (unpaired) electrons. The van der Waals surface area contributed by atoms with Crippen molar-refractivity contribution in [3.8, 4) is 0 Å². The zero-order chi connectivity index (χ0) is 13.7. The summed E-state index contributed by atoms with van der Waals surface area (Å²) in [5.74, 6) is 0.689. The fourth-order valence-electron chi connectivity index (χ4n) is 1.84. The smallest absolute Gasteiger partial charge is 0.239 e. The first kappa shape index (κ1) is 13.2. The summed E-state index contributed by atoms with van der Waals surface area (Å²) in [6, 6.07) is 11.5. The Morgan fingerprint density at radius 2 is 2.16 bits per heavy atom. The Kier molecular flexibility index (Phi) is 4.23. The van der Waals surface area contributed by atoms with E-state index in [1.807, 2.05) is 50.2 Å². The van der Waals surface area contributed by atoms with E-state index >= 15 is 0 Å². The van der Waals surface area contributed by atoms with E-state index in [0.717, 1.165) is 17.0 Å². The SMILES string of the molecule is Cc1cccc(NCC(=O)NC(C)c2ccco2)c1. The minimum atomic E-state index is -0.123. The molecule has 0 aliphatic rings. The summed E-state index contributed by atoms with van der Waals surface area (Å²) in [5, 5.41) is 5.97. The molecule has 1 amide bonds. The van der Waals surface area contributed by atoms with E-state index in [9.17, 15) is 4.79 Å². The Morgan fingerprint density at radius 1 is 1.32 bits per heavy atom. The molecule has 2 rings (SSSR count). The van der Waals surface area contributed by atoms with Crippen LogP contribution >= 0.6 is 0 Å². The third-order valence-corrected chi connectivity index (χ3v) is 2.82. The number of amides is 1. The van der Waals surface area contributed by atoms with Gasteiger partial charge in [-0.2, -0.15) is 0 Å². The van der Waals surface area contributed by atoms with Crippen LogP contribution in [0.2, 0.25) is 0 Å². The van der Waals surface area contributed by atoms with Crippen LogP contribution in [0.4, 0.5) is 5.69 Å². The molecule has 4 nitrogen and oxygen atoms in total. The van der Waals surface area contributed by atoms with E-state index < -0.39 is 0 Å². The van der Waals surface area contributed by atoms with Crippen LogP contribution in [-0.4, -0.2) is 12.5 Å². The number of carbonyl (C=O) groups is 1. The fourth-order valence-corrected chi connectivity index (χ4v) is 1.84. The molecule has 0 saturated heterocycles. The van der Waals surface area contributed by atoms with Gasteiger partial charge in [0, 0.05) is 5.69 Å². The van der Waals surface area contributed by atoms with Gasteiger partial charge < -0.3 is 15.1 Å². The molecule has 0 spiro atoms. The monoisotopic (exact) mass is 258 g/mol. The maximum Gasteiger partial charge on any atom is 0.239 e. The number of aryl methyl sites for hydroxylation is 1. The largest absolute Gasteiger partial charge is 0.467 e. The van der Waals surface area contributed by atoms with Crippen molar-refractivity contribution >= 4 is 11.6 Å². The van der Waals surface area contributed by atoms with Crippen LogP contribution in [0, 0.1) is 6.92 Å². The van der Waals surface area contributed by atoms with Crippen LogP contribution < -0.4 is 10.6 Å². The minimum Gasteiger partial charge on any atom is -0.467 e. The van der Waals surface area contributed by atoms with Gasteiger partial charge in [-0.3, -0.25) is 4.79 Å². The maximum atomic E-state index is 11.8. The highest BCUT2D eigenvalue weighted by atomic mass is 16.3. The average Bonchev–Trinajstić information content (AvgIpc) is 2.90. The lowest BCUT2D eigenvalue weighted by Gasteiger charge is -2.12. The van der Waals surface area contributed by atoms with E-state index in [4.69, 9.17) is 4.42 Å². The van der Waals surface area contributed by atoms with E-state index in [2.05, 4.69) is 10.6 Å². The average molecular weight is 258 g/mol. The van der Waals surface area contributed by atoms with Gasteiger partial charge in [0.1, 0.15) is 5.76 Å². The molecule has 2 aromatic rings. The number of hydrogen-bond donors (Lipinski definition) is 2. The van der Waals surface area contributed by atoms with Crippen molar-refractivity contribution in [3.63, 3.8) is 0 Å². The van der Waals surface area contributed by atoms with Crippen LogP contribution in [0.3, 0.4) is 0 Å². The van der Waals surface area contributed by atoms with E-state index in [0.29, 0.717) is 0 Å². The fraction of sp³-hybridized carbons (Fsp3) is 0.267. The molecule has 100 valence electrons. The second kappa shape index (κ2) is 6.09. The zero-order valence-electron chi connectivity index (χ0n) is 11.1. The minimum absolute atomic E-state index is 0.0644. The lowest BCUT2D eigenvalue weighted by molar-refractivity contribution is -0.120. The quantitative estimate of drug-likeness (QED) is 0.867. The first-order chi connectivity index (χ1) is 9.15. The molecule has 0 aliphatic heterocycles. The Bertz CT molecular complexity index is 535. The molecule has 1 atom stereocenters. The predicted octanol–water partition coefficient (Wildman–Crippen LogP) is 2.88. The van der Waals surface area contributed by atoms with Crippen LogP contribution in [0.15, 0.2) is 47.1 Å². The lowest BCUT2D eigenvalue weighted by Crippen LogP contribution is -2.31. The molecular weight excluding hydrogens is 240 g/mol. The van der Waals surface area contributed by atoms with Gasteiger partial charge in [0.05, 0.1) is 18.8 Å². The lowest BCUT2D eigenvalue weighted by atomic mass is 10.2. The molecule has 0 bridgehead atoms. The molecule has 1 unspecified atom stereocenters. The molecule has 0 aliphatic carbocycles. The second-order valence-corrected chi connectivity index (χ2v) is 4.53. The van der Waals surface area contributed by atoms with Gasteiger partial charge >= 0.3 is 0 Å². The van der Waals surface area contributed by atoms with Crippen molar-refractivity contribution in [3.05, 3.63) is 54.0 Å². The summed E-state index contributed by atoms with van der Waals surface area (Å²) >= 11 is 0. The van der Waals surface area contributed by atoms with Crippen molar-refractivity contribution in [1.82, 2.24) is 5.32 Å². The summed E-state index contributed by atoms with van der Waals surface area (Å²) in [6.45, 7) is 4.15. The van der Waals surface area contributed by atoms with E-state index in [1.165, 1.54) is 0 Å². The van der Waals surface area contributed by atoms with Crippen molar-refractivity contribution in [2.24, 2.45) is 0 Å². The van der Waals surface area contributed by atoms with Gasteiger partial charge in [-0.15, -0.1) is 0 Å². The molecule has 0 fully saturated rings. The molecule has 2 N–H and O–H groups in total. The third kappa shape index (κ3) is 3.88. The van der Waals surface area contributed by atoms with E-state index in [-0.39, 0.29) is 18.5 Å². The number of nitrogens with one attached hydrogen (secondary N) is 2. The summed E-state index contributed by atoms with van der Waals surface area (Å²) in [5.41, 5.74) is 2.11. The number of furan rings is 1. The van der Waals surface area contributed by atoms with Crippen LogP contribution in [0.1, 0.15) is 24.3 Å². The van der Waals surface area contributed by atoms with Crippen molar-refractivity contribution in [1.29, 1.82) is 0 Å². The van der Waals surface area contributed by atoms with Gasteiger partial charge in [-0.05, 0) is 43.7 Å². The predicted molar refractivity (Wildman–Crippen MR) is 74.9 cm³/mol. The maximum absolute atomic E-state index is 11.8. The van der Waals surface area contributed by atoms with Gasteiger partial charge in [0.25, 0.3) is 0 Å². The number of carbonyl (C=O) groups excluding carboxylic acids is 1. The Balaban J connectivity index is 1.82. The Labute approximate surface area is 112 Å². The highest BCUT2D eigenvalue weighted by Crippen LogP contribution is 2.12.